The van der Waals surface area contributed by atoms with Gasteiger partial charge in [-0.1, -0.05) is 0 Å². The molecule has 0 aromatic carbocycles. The highest BCUT2D eigenvalue weighted by molar-refractivity contribution is 5.86. The molecule has 0 aliphatic carbocycles. The molecule has 0 aromatic rings. The average molecular weight is 231 g/mol. The predicted octanol–water partition coefficient (Wildman–Crippen LogP) is -1.14. The molecule has 0 saturated carbocycles. The van der Waals surface area contributed by atoms with Crippen LogP contribution >= 0.6 is 0 Å². The van der Waals surface area contributed by atoms with Crippen molar-refractivity contribution < 1.29 is 14.7 Å². The number of hydrogen-bond donors (Lipinski definition) is 4. The average Bonchev–Trinajstić information content (AvgIpc) is 2.24. The number of rotatable bonds is 9. The number of nitrogens with one attached hydrogen (secondary N) is 1. The molecule has 0 aliphatic heterocycles. The minimum atomic E-state index is -0.634. The second kappa shape index (κ2) is 9.11. The van der Waals surface area contributed by atoms with E-state index in [1.807, 2.05) is 0 Å². The molecule has 6 nitrogen and oxygen atoms in total. The van der Waals surface area contributed by atoms with E-state index in [9.17, 15) is 9.59 Å². The van der Waals surface area contributed by atoms with Gasteiger partial charge in [-0.25, -0.2) is 0 Å². The molecule has 6 N–H and O–H groups in total. The van der Waals surface area contributed by atoms with Crippen molar-refractivity contribution in [2.75, 3.05) is 13.2 Å². The third-order valence-electron chi connectivity index (χ3n) is 2.19. The van der Waals surface area contributed by atoms with E-state index in [0.717, 1.165) is 0 Å². The van der Waals surface area contributed by atoms with E-state index >= 15 is 0 Å². The summed E-state index contributed by atoms with van der Waals surface area (Å²) < 4.78 is 0. The standard InChI is InChI=1S/C10H21N3O3/c11-6-3-4-8(10(12)16)13-9(15)5-1-2-7-14/h8,14H,1-7,11H2,(H2,12,16)(H,13,15). The number of carbonyl (C=O) groups excluding carboxylic acids is 2. The Morgan fingerprint density at radius 2 is 1.94 bits per heavy atom. The first-order chi connectivity index (χ1) is 7.61. The lowest BCUT2D eigenvalue weighted by Crippen LogP contribution is -2.44. The quantitative estimate of drug-likeness (QED) is 0.375. The SMILES string of the molecule is NCCCC(NC(=O)CCCCO)C(N)=O. The van der Waals surface area contributed by atoms with Crippen LogP contribution in [0.5, 0.6) is 0 Å². The van der Waals surface area contributed by atoms with Crippen molar-refractivity contribution >= 4 is 11.8 Å². The lowest BCUT2D eigenvalue weighted by atomic mass is 10.1. The van der Waals surface area contributed by atoms with E-state index in [-0.39, 0.29) is 12.5 Å². The van der Waals surface area contributed by atoms with Crippen LogP contribution in [0.25, 0.3) is 0 Å². The lowest BCUT2D eigenvalue weighted by Gasteiger charge is -2.14. The van der Waals surface area contributed by atoms with E-state index in [2.05, 4.69) is 5.32 Å². The normalized spacial score (nSPS) is 12.1. The molecular weight excluding hydrogens is 210 g/mol. The number of aliphatic hydroxyl groups is 1. The van der Waals surface area contributed by atoms with Crippen molar-refractivity contribution in [2.45, 2.75) is 38.1 Å². The van der Waals surface area contributed by atoms with Crippen molar-refractivity contribution in [1.82, 2.24) is 5.32 Å². The third kappa shape index (κ3) is 7.19. The summed E-state index contributed by atoms with van der Waals surface area (Å²) in [7, 11) is 0. The zero-order chi connectivity index (χ0) is 12.4. The molecule has 2 amide bonds. The largest absolute Gasteiger partial charge is 0.396 e. The van der Waals surface area contributed by atoms with Crippen molar-refractivity contribution in [3.05, 3.63) is 0 Å². The van der Waals surface area contributed by atoms with Crippen molar-refractivity contribution in [2.24, 2.45) is 11.5 Å². The minimum Gasteiger partial charge on any atom is -0.396 e. The summed E-state index contributed by atoms with van der Waals surface area (Å²) in [5, 5.41) is 11.1. The van der Waals surface area contributed by atoms with E-state index in [0.29, 0.717) is 38.6 Å². The fraction of sp³-hybridized carbons (Fsp3) is 0.800. The molecule has 0 fully saturated rings. The molecule has 0 saturated heterocycles. The van der Waals surface area contributed by atoms with Crippen LogP contribution in [0.4, 0.5) is 0 Å². The van der Waals surface area contributed by atoms with Crippen molar-refractivity contribution in [3.63, 3.8) is 0 Å². The molecule has 1 unspecified atom stereocenters. The molecule has 16 heavy (non-hydrogen) atoms. The molecular formula is C10H21N3O3. The topological polar surface area (TPSA) is 118 Å². The third-order valence-corrected chi connectivity index (χ3v) is 2.19. The summed E-state index contributed by atoms with van der Waals surface area (Å²) in [5.74, 6) is -0.752. The molecule has 1 atom stereocenters. The fourth-order valence-corrected chi connectivity index (χ4v) is 1.27. The molecule has 0 heterocycles. The summed E-state index contributed by atoms with van der Waals surface area (Å²) in [6, 6.07) is -0.634. The van der Waals surface area contributed by atoms with Crippen LogP contribution in [0.1, 0.15) is 32.1 Å². The van der Waals surface area contributed by atoms with Gasteiger partial charge in [0.2, 0.25) is 11.8 Å². The Morgan fingerprint density at radius 1 is 1.25 bits per heavy atom. The van der Waals surface area contributed by atoms with Gasteiger partial charge in [-0.2, -0.15) is 0 Å². The monoisotopic (exact) mass is 231 g/mol. The second-order valence-electron chi connectivity index (χ2n) is 3.63. The Labute approximate surface area is 95.4 Å². The lowest BCUT2D eigenvalue weighted by molar-refractivity contribution is -0.127. The highest BCUT2D eigenvalue weighted by atomic mass is 16.3. The highest BCUT2D eigenvalue weighted by Crippen LogP contribution is 1.99. The van der Waals surface area contributed by atoms with Gasteiger partial charge in [-0.3, -0.25) is 9.59 Å². The van der Waals surface area contributed by atoms with Crippen LogP contribution in [0.15, 0.2) is 0 Å². The first kappa shape index (κ1) is 14.9. The second-order valence-corrected chi connectivity index (χ2v) is 3.63. The highest BCUT2D eigenvalue weighted by Gasteiger charge is 2.16. The van der Waals surface area contributed by atoms with Crippen molar-refractivity contribution in [3.8, 4) is 0 Å². The fourth-order valence-electron chi connectivity index (χ4n) is 1.27. The van der Waals surface area contributed by atoms with Gasteiger partial charge in [0.1, 0.15) is 6.04 Å². The Bertz CT molecular complexity index is 221. The van der Waals surface area contributed by atoms with Gasteiger partial charge in [-0.05, 0) is 32.2 Å². The van der Waals surface area contributed by atoms with Gasteiger partial charge in [0.05, 0.1) is 0 Å². The number of amides is 2. The van der Waals surface area contributed by atoms with Crippen LogP contribution in [-0.2, 0) is 9.59 Å². The zero-order valence-corrected chi connectivity index (χ0v) is 9.45. The summed E-state index contributed by atoms with van der Waals surface area (Å²) in [6.07, 6.45) is 2.59. The van der Waals surface area contributed by atoms with Crippen LogP contribution in [0, 0.1) is 0 Å². The van der Waals surface area contributed by atoms with Crippen molar-refractivity contribution in [1.29, 1.82) is 0 Å². The Hall–Kier alpha value is -1.14. The van der Waals surface area contributed by atoms with Gasteiger partial charge >= 0.3 is 0 Å². The number of aliphatic hydroxyl groups excluding tert-OH is 1. The van der Waals surface area contributed by atoms with Gasteiger partial charge < -0.3 is 21.9 Å². The number of primary amides is 1. The summed E-state index contributed by atoms with van der Waals surface area (Å²) in [5.41, 5.74) is 10.5. The molecule has 6 heteroatoms. The number of carbonyl (C=O) groups is 2. The van der Waals surface area contributed by atoms with Crippen LogP contribution < -0.4 is 16.8 Å². The van der Waals surface area contributed by atoms with Gasteiger partial charge in [0, 0.05) is 13.0 Å². The number of hydrogen-bond acceptors (Lipinski definition) is 4. The summed E-state index contributed by atoms with van der Waals surface area (Å²) in [6.45, 7) is 0.532. The maximum absolute atomic E-state index is 11.4. The minimum absolute atomic E-state index is 0.0691. The maximum Gasteiger partial charge on any atom is 0.240 e. The van der Waals surface area contributed by atoms with E-state index < -0.39 is 11.9 Å². The zero-order valence-electron chi connectivity index (χ0n) is 9.45. The molecule has 0 radical (unpaired) electrons. The van der Waals surface area contributed by atoms with Crippen LogP contribution in [0.3, 0.4) is 0 Å². The van der Waals surface area contributed by atoms with Crippen LogP contribution in [-0.4, -0.2) is 36.1 Å². The van der Waals surface area contributed by atoms with E-state index in [1.54, 1.807) is 0 Å². The van der Waals surface area contributed by atoms with E-state index in [4.69, 9.17) is 16.6 Å². The molecule has 0 aromatic heterocycles. The Morgan fingerprint density at radius 3 is 2.44 bits per heavy atom. The molecule has 0 aliphatic rings. The molecule has 0 rings (SSSR count). The Balaban J connectivity index is 3.88. The van der Waals surface area contributed by atoms with Crippen LogP contribution in [0.2, 0.25) is 0 Å². The molecule has 0 bridgehead atoms. The summed E-state index contributed by atoms with van der Waals surface area (Å²) in [4.78, 5) is 22.4. The number of nitrogens with two attached hydrogens (primary N) is 2. The molecule has 94 valence electrons. The Kier molecular flexibility index (Phi) is 8.46. The number of unbranched alkanes of at least 4 members (excludes halogenated alkanes) is 1. The smallest absolute Gasteiger partial charge is 0.240 e. The van der Waals surface area contributed by atoms with Gasteiger partial charge in [0.15, 0.2) is 0 Å². The first-order valence-corrected chi connectivity index (χ1v) is 5.51. The molecule has 0 spiro atoms. The van der Waals surface area contributed by atoms with Gasteiger partial charge in [0.25, 0.3) is 0 Å². The maximum atomic E-state index is 11.4. The van der Waals surface area contributed by atoms with E-state index in [1.165, 1.54) is 0 Å². The summed E-state index contributed by atoms with van der Waals surface area (Å²) >= 11 is 0. The first-order valence-electron chi connectivity index (χ1n) is 5.51. The van der Waals surface area contributed by atoms with Gasteiger partial charge in [-0.15, -0.1) is 0 Å². The predicted molar refractivity (Wildman–Crippen MR) is 60.4 cm³/mol.